The summed E-state index contributed by atoms with van der Waals surface area (Å²) in [5, 5.41) is 6.35. The highest BCUT2D eigenvalue weighted by Gasteiger charge is 2.16. The second-order valence-electron chi connectivity index (χ2n) is 6.19. The molecule has 1 unspecified atom stereocenters. The van der Waals surface area contributed by atoms with Gasteiger partial charge in [-0.25, -0.2) is 0 Å². The fourth-order valence-electron chi connectivity index (χ4n) is 2.88. The van der Waals surface area contributed by atoms with E-state index in [0.29, 0.717) is 12.5 Å². The molecule has 4 heteroatoms. The highest BCUT2D eigenvalue weighted by Crippen LogP contribution is 2.14. The van der Waals surface area contributed by atoms with Crippen molar-refractivity contribution < 1.29 is 4.79 Å². The van der Waals surface area contributed by atoms with Crippen molar-refractivity contribution in [3.05, 3.63) is 29.8 Å². The van der Waals surface area contributed by atoms with Crippen LogP contribution in [0, 0.1) is 0 Å². The van der Waals surface area contributed by atoms with E-state index in [1.807, 2.05) is 12.1 Å². The van der Waals surface area contributed by atoms with E-state index in [4.69, 9.17) is 0 Å². The first-order valence-electron chi connectivity index (χ1n) is 8.52. The topological polar surface area (TPSA) is 44.4 Å². The number of rotatable bonds is 7. The molecule has 1 saturated heterocycles. The molecule has 1 amide bonds. The van der Waals surface area contributed by atoms with Crippen LogP contribution in [0.15, 0.2) is 24.3 Å². The van der Waals surface area contributed by atoms with Crippen LogP contribution in [0.5, 0.6) is 0 Å². The lowest BCUT2D eigenvalue weighted by molar-refractivity contribution is -0.116. The number of piperazine rings is 1. The van der Waals surface area contributed by atoms with Crippen LogP contribution in [0.1, 0.15) is 38.7 Å². The molecule has 1 aromatic carbocycles. The Balaban J connectivity index is 1.82. The highest BCUT2D eigenvalue weighted by atomic mass is 16.1. The molecule has 1 fully saturated rings. The minimum Gasteiger partial charge on any atom is -0.326 e. The highest BCUT2D eigenvalue weighted by molar-refractivity contribution is 5.90. The number of nitrogens with zero attached hydrogens (tertiary/aromatic N) is 1. The van der Waals surface area contributed by atoms with Crippen LogP contribution in [0.25, 0.3) is 0 Å². The van der Waals surface area contributed by atoms with Gasteiger partial charge in [-0.2, -0.15) is 0 Å². The molecule has 1 aromatic rings. The Hall–Kier alpha value is -1.39. The molecule has 1 heterocycles. The van der Waals surface area contributed by atoms with Crippen LogP contribution in [0.2, 0.25) is 0 Å². The smallest absolute Gasteiger partial charge is 0.224 e. The quantitative estimate of drug-likeness (QED) is 0.814. The van der Waals surface area contributed by atoms with Crippen LogP contribution in [-0.4, -0.2) is 43.0 Å². The predicted octanol–water partition coefficient (Wildman–Crippen LogP) is 2.65. The fourth-order valence-corrected chi connectivity index (χ4v) is 2.88. The first kappa shape index (κ1) is 17.0. The summed E-state index contributed by atoms with van der Waals surface area (Å²) in [6.07, 6.45) is 3.67. The molecule has 0 aliphatic carbocycles. The van der Waals surface area contributed by atoms with Gasteiger partial charge in [0.2, 0.25) is 5.91 Å². The van der Waals surface area contributed by atoms with Crippen molar-refractivity contribution in [1.82, 2.24) is 10.2 Å². The van der Waals surface area contributed by atoms with Crippen molar-refractivity contribution in [3.63, 3.8) is 0 Å². The van der Waals surface area contributed by atoms with Gasteiger partial charge in [0.05, 0.1) is 0 Å². The molecule has 0 radical (unpaired) electrons. The zero-order valence-electron chi connectivity index (χ0n) is 13.9. The third kappa shape index (κ3) is 5.43. The second-order valence-corrected chi connectivity index (χ2v) is 6.19. The van der Waals surface area contributed by atoms with Crippen LogP contribution < -0.4 is 10.6 Å². The summed E-state index contributed by atoms with van der Waals surface area (Å²) in [6, 6.07) is 8.86. The van der Waals surface area contributed by atoms with Gasteiger partial charge in [-0.15, -0.1) is 0 Å². The van der Waals surface area contributed by atoms with Gasteiger partial charge in [-0.05, 0) is 37.5 Å². The number of benzene rings is 1. The Bertz CT molecular complexity index is 452. The van der Waals surface area contributed by atoms with Crippen LogP contribution in [0.4, 0.5) is 5.69 Å². The van der Waals surface area contributed by atoms with Crippen LogP contribution in [0.3, 0.4) is 0 Å². The number of nitrogens with one attached hydrogen (secondary N) is 2. The second kappa shape index (κ2) is 8.91. The average molecular weight is 303 g/mol. The van der Waals surface area contributed by atoms with E-state index in [2.05, 4.69) is 41.5 Å². The molecule has 4 nitrogen and oxygen atoms in total. The average Bonchev–Trinajstić information content (AvgIpc) is 2.55. The molecule has 2 rings (SSSR count). The van der Waals surface area contributed by atoms with Crippen molar-refractivity contribution in [3.8, 4) is 0 Å². The molecule has 22 heavy (non-hydrogen) atoms. The van der Waals surface area contributed by atoms with Gasteiger partial charge in [0.1, 0.15) is 0 Å². The van der Waals surface area contributed by atoms with E-state index < -0.39 is 0 Å². The summed E-state index contributed by atoms with van der Waals surface area (Å²) in [6.45, 7) is 8.84. The Labute approximate surface area is 134 Å². The summed E-state index contributed by atoms with van der Waals surface area (Å²) in [5.41, 5.74) is 2.23. The van der Waals surface area contributed by atoms with Gasteiger partial charge in [0.15, 0.2) is 0 Å². The molecule has 0 saturated carbocycles. The van der Waals surface area contributed by atoms with E-state index in [0.717, 1.165) is 51.1 Å². The van der Waals surface area contributed by atoms with E-state index >= 15 is 0 Å². The largest absolute Gasteiger partial charge is 0.326 e. The Kier molecular flexibility index (Phi) is 6.87. The van der Waals surface area contributed by atoms with Crippen LogP contribution in [-0.2, 0) is 11.2 Å². The number of unbranched alkanes of at least 4 members (excludes halogenated alkanes) is 1. The molecular formula is C18H29N3O. The van der Waals surface area contributed by atoms with E-state index in [9.17, 15) is 4.79 Å². The number of anilines is 1. The van der Waals surface area contributed by atoms with Gasteiger partial charge in [-0.3, -0.25) is 9.69 Å². The number of hydrogen-bond donors (Lipinski definition) is 2. The first-order chi connectivity index (χ1) is 10.7. The van der Waals surface area contributed by atoms with Crippen LogP contribution >= 0.6 is 0 Å². The Morgan fingerprint density at radius 3 is 2.59 bits per heavy atom. The first-order valence-corrected chi connectivity index (χ1v) is 8.52. The zero-order valence-corrected chi connectivity index (χ0v) is 13.9. The molecule has 0 bridgehead atoms. The monoisotopic (exact) mass is 303 g/mol. The van der Waals surface area contributed by atoms with Gasteiger partial charge in [0.25, 0.3) is 0 Å². The number of carbonyl (C=O) groups excluding carboxylic acids is 1. The SMILES string of the molecule is CCCCC(=O)Nc1ccc(CC(C)N2CCNCC2)cc1. The van der Waals surface area contributed by atoms with E-state index in [1.165, 1.54) is 5.56 Å². The summed E-state index contributed by atoms with van der Waals surface area (Å²) < 4.78 is 0. The Morgan fingerprint density at radius 1 is 1.27 bits per heavy atom. The third-order valence-corrected chi connectivity index (χ3v) is 4.30. The predicted molar refractivity (Wildman–Crippen MR) is 92.2 cm³/mol. The minimum absolute atomic E-state index is 0.115. The van der Waals surface area contributed by atoms with Gasteiger partial charge >= 0.3 is 0 Å². The summed E-state index contributed by atoms with van der Waals surface area (Å²) >= 11 is 0. The maximum Gasteiger partial charge on any atom is 0.224 e. The molecule has 1 aliphatic heterocycles. The molecule has 2 N–H and O–H groups in total. The van der Waals surface area contributed by atoms with Gasteiger partial charge in [-0.1, -0.05) is 25.5 Å². The van der Waals surface area contributed by atoms with Gasteiger partial charge in [0, 0.05) is 44.3 Å². The van der Waals surface area contributed by atoms with Crippen molar-refractivity contribution in [1.29, 1.82) is 0 Å². The molecular weight excluding hydrogens is 274 g/mol. The molecule has 0 aromatic heterocycles. The number of carbonyl (C=O) groups is 1. The third-order valence-electron chi connectivity index (χ3n) is 4.30. The molecule has 0 spiro atoms. The summed E-state index contributed by atoms with van der Waals surface area (Å²) in [7, 11) is 0. The lowest BCUT2D eigenvalue weighted by atomic mass is 10.0. The number of hydrogen-bond acceptors (Lipinski definition) is 3. The summed E-state index contributed by atoms with van der Waals surface area (Å²) in [4.78, 5) is 14.3. The standard InChI is InChI=1S/C18H29N3O/c1-3-4-5-18(22)20-17-8-6-16(7-9-17)14-15(2)21-12-10-19-11-13-21/h6-9,15,19H,3-5,10-14H2,1-2H3,(H,20,22). The minimum atomic E-state index is 0.115. The number of amides is 1. The lowest BCUT2D eigenvalue weighted by Crippen LogP contribution is -2.48. The normalized spacial score (nSPS) is 17.2. The maximum atomic E-state index is 11.7. The Morgan fingerprint density at radius 2 is 1.95 bits per heavy atom. The molecule has 1 atom stereocenters. The van der Waals surface area contributed by atoms with Crippen molar-refractivity contribution in [2.45, 2.75) is 45.6 Å². The van der Waals surface area contributed by atoms with Gasteiger partial charge < -0.3 is 10.6 Å². The van der Waals surface area contributed by atoms with E-state index in [1.54, 1.807) is 0 Å². The van der Waals surface area contributed by atoms with Crippen molar-refractivity contribution in [2.24, 2.45) is 0 Å². The molecule has 122 valence electrons. The van der Waals surface area contributed by atoms with Crippen molar-refractivity contribution in [2.75, 3.05) is 31.5 Å². The fraction of sp³-hybridized carbons (Fsp3) is 0.611. The van der Waals surface area contributed by atoms with Crippen molar-refractivity contribution >= 4 is 11.6 Å². The van der Waals surface area contributed by atoms with E-state index in [-0.39, 0.29) is 5.91 Å². The maximum absolute atomic E-state index is 11.7. The summed E-state index contributed by atoms with van der Waals surface area (Å²) in [5.74, 6) is 0.115. The molecule has 1 aliphatic rings. The lowest BCUT2D eigenvalue weighted by Gasteiger charge is -2.32. The zero-order chi connectivity index (χ0) is 15.8.